The second kappa shape index (κ2) is 6.23. The summed E-state index contributed by atoms with van der Waals surface area (Å²) >= 11 is 3.44. The van der Waals surface area contributed by atoms with Crippen LogP contribution in [0.3, 0.4) is 0 Å². The maximum atomic E-state index is 12.1. The highest BCUT2D eigenvalue weighted by Crippen LogP contribution is 2.17. The SMILES string of the molecule is CC(=N[S@@](=O)C(C)(C)C)c1cnn(-c2cccc(Br)c2)c1. The Bertz CT molecular complexity index is 701. The van der Waals surface area contributed by atoms with E-state index in [4.69, 9.17) is 0 Å². The summed E-state index contributed by atoms with van der Waals surface area (Å²) in [6, 6.07) is 7.88. The Hall–Kier alpha value is -1.27. The van der Waals surface area contributed by atoms with Crippen molar-refractivity contribution in [3.63, 3.8) is 0 Å². The lowest BCUT2D eigenvalue weighted by atomic mass is 10.2. The molecule has 0 aliphatic heterocycles. The van der Waals surface area contributed by atoms with Gasteiger partial charge in [-0.25, -0.2) is 8.89 Å². The molecule has 112 valence electrons. The van der Waals surface area contributed by atoms with Gasteiger partial charge in [-0.3, -0.25) is 0 Å². The van der Waals surface area contributed by atoms with E-state index in [9.17, 15) is 4.21 Å². The number of benzene rings is 1. The molecule has 0 fully saturated rings. The molecule has 4 nitrogen and oxygen atoms in total. The average molecular weight is 368 g/mol. The standard InChI is InChI=1S/C15H18BrN3OS/c1-11(18-21(20)15(2,3)4)12-9-17-19(10-12)14-7-5-6-13(16)8-14/h5-10H,1-4H3/t21-/m0/s1. The molecule has 6 heteroatoms. The smallest absolute Gasteiger partial charge is 0.145 e. The summed E-state index contributed by atoms with van der Waals surface area (Å²) in [5.41, 5.74) is 2.55. The molecule has 0 radical (unpaired) electrons. The van der Waals surface area contributed by atoms with E-state index in [2.05, 4.69) is 25.4 Å². The monoisotopic (exact) mass is 367 g/mol. The van der Waals surface area contributed by atoms with Crippen LogP contribution in [0.25, 0.3) is 5.69 Å². The molecule has 2 aromatic rings. The van der Waals surface area contributed by atoms with Gasteiger partial charge < -0.3 is 0 Å². The normalized spacial score (nSPS) is 14.2. The van der Waals surface area contributed by atoms with Gasteiger partial charge in [0.1, 0.15) is 11.0 Å². The first-order chi connectivity index (χ1) is 9.77. The van der Waals surface area contributed by atoms with Crippen molar-refractivity contribution in [1.82, 2.24) is 9.78 Å². The van der Waals surface area contributed by atoms with Gasteiger partial charge in [-0.15, -0.1) is 0 Å². The molecule has 1 aromatic carbocycles. The van der Waals surface area contributed by atoms with E-state index in [1.807, 2.05) is 58.2 Å². The van der Waals surface area contributed by atoms with Gasteiger partial charge in [-0.05, 0) is 45.9 Å². The molecule has 0 aliphatic carbocycles. The van der Waals surface area contributed by atoms with Crippen molar-refractivity contribution in [3.05, 3.63) is 46.7 Å². The van der Waals surface area contributed by atoms with Gasteiger partial charge in [0.2, 0.25) is 0 Å². The summed E-state index contributed by atoms with van der Waals surface area (Å²) in [5.74, 6) is 0. The number of nitrogens with zero attached hydrogens (tertiary/aromatic N) is 3. The van der Waals surface area contributed by atoms with Crippen LogP contribution in [0.15, 0.2) is 45.5 Å². The zero-order chi connectivity index (χ0) is 15.6. The third-order valence-electron chi connectivity index (χ3n) is 2.82. The van der Waals surface area contributed by atoms with Gasteiger partial charge in [0, 0.05) is 16.2 Å². The van der Waals surface area contributed by atoms with Crippen LogP contribution in [-0.2, 0) is 11.0 Å². The summed E-state index contributed by atoms with van der Waals surface area (Å²) in [6.45, 7) is 7.58. The molecule has 1 aromatic heterocycles. The summed E-state index contributed by atoms with van der Waals surface area (Å²) in [5, 5.41) is 4.33. The molecule has 0 bridgehead atoms. The summed E-state index contributed by atoms with van der Waals surface area (Å²) in [7, 11) is -1.26. The Morgan fingerprint density at radius 2 is 2.10 bits per heavy atom. The zero-order valence-electron chi connectivity index (χ0n) is 12.5. The van der Waals surface area contributed by atoms with Crippen LogP contribution >= 0.6 is 15.9 Å². The van der Waals surface area contributed by atoms with E-state index in [0.717, 1.165) is 21.4 Å². The van der Waals surface area contributed by atoms with Crippen LogP contribution in [-0.4, -0.2) is 24.4 Å². The molecule has 0 saturated carbocycles. The van der Waals surface area contributed by atoms with Crippen molar-refractivity contribution in [2.45, 2.75) is 32.4 Å². The Morgan fingerprint density at radius 1 is 1.38 bits per heavy atom. The topological polar surface area (TPSA) is 47.2 Å². The summed E-state index contributed by atoms with van der Waals surface area (Å²) in [4.78, 5) is 0. The van der Waals surface area contributed by atoms with Crippen molar-refractivity contribution >= 4 is 32.6 Å². The maximum absolute atomic E-state index is 12.1. The molecule has 1 atom stereocenters. The Morgan fingerprint density at radius 3 is 2.71 bits per heavy atom. The molecule has 2 rings (SSSR count). The van der Waals surface area contributed by atoms with E-state index >= 15 is 0 Å². The quantitative estimate of drug-likeness (QED) is 0.772. The third-order valence-corrected chi connectivity index (χ3v) is 4.80. The van der Waals surface area contributed by atoms with E-state index < -0.39 is 11.0 Å². The van der Waals surface area contributed by atoms with Crippen LogP contribution < -0.4 is 0 Å². The van der Waals surface area contributed by atoms with Crippen LogP contribution in [0.2, 0.25) is 0 Å². The van der Waals surface area contributed by atoms with Crippen molar-refractivity contribution in [1.29, 1.82) is 0 Å². The van der Waals surface area contributed by atoms with E-state index in [1.165, 1.54) is 0 Å². The van der Waals surface area contributed by atoms with Gasteiger partial charge in [-0.2, -0.15) is 9.50 Å². The highest BCUT2D eigenvalue weighted by atomic mass is 79.9. The highest BCUT2D eigenvalue weighted by Gasteiger charge is 2.19. The van der Waals surface area contributed by atoms with Crippen molar-refractivity contribution in [3.8, 4) is 5.69 Å². The van der Waals surface area contributed by atoms with Gasteiger partial charge >= 0.3 is 0 Å². The van der Waals surface area contributed by atoms with E-state index in [1.54, 1.807) is 10.9 Å². The molecule has 0 aliphatic rings. The lowest BCUT2D eigenvalue weighted by molar-refractivity contribution is 0.650. The van der Waals surface area contributed by atoms with Crippen molar-refractivity contribution in [2.24, 2.45) is 4.40 Å². The molecule has 0 amide bonds. The largest absolute Gasteiger partial charge is 0.240 e. The molecule has 0 saturated heterocycles. The predicted octanol–water partition coefficient (Wildman–Crippen LogP) is 3.91. The van der Waals surface area contributed by atoms with Crippen molar-refractivity contribution in [2.75, 3.05) is 0 Å². The Labute approximate surface area is 136 Å². The number of halogens is 1. The second-order valence-electron chi connectivity index (χ2n) is 5.69. The number of aromatic nitrogens is 2. The maximum Gasteiger partial charge on any atom is 0.145 e. The van der Waals surface area contributed by atoms with Crippen LogP contribution in [0.5, 0.6) is 0 Å². The van der Waals surface area contributed by atoms with E-state index in [0.29, 0.717) is 0 Å². The first-order valence-electron chi connectivity index (χ1n) is 6.55. The fourth-order valence-electron chi connectivity index (χ4n) is 1.58. The minimum Gasteiger partial charge on any atom is -0.240 e. The molecule has 0 spiro atoms. The fourth-order valence-corrected chi connectivity index (χ4v) is 2.60. The highest BCUT2D eigenvalue weighted by molar-refractivity contribution is 9.10. The lowest BCUT2D eigenvalue weighted by Gasteiger charge is -2.13. The lowest BCUT2D eigenvalue weighted by Crippen LogP contribution is -2.20. The summed E-state index contributed by atoms with van der Waals surface area (Å²) in [6.07, 6.45) is 3.63. The van der Waals surface area contributed by atoms with Gasteiger partial charge in [-0.1, -0.05) is 22.0 Å². The number of hydrogen-bond donors (Lipinski definition) is 0. The molecule has 21 heavy (non-hydrogen) atoms. The minimum atomic E-state index is -1.26. The number of hydrogen-bond acceptors (Lipinski definition) is 2. The Kier molecular flexibility index (Phi) is 4.78. The first kappa shape index (κ1) is 16.1. The predicted molar refractivity (Wildman–Crippen MR) is 91.4 cm³/mol. The third kappa shape index (κ3) is 4.11. The van der Waals surface area contributed by atoms with Crippen LogP contribution in [0, 0.1) is 0 Å². The van der Waals surface area contributed by atoms with Gasteiger partial charge in [0.15, 0.2) is 0 Å². The second-order valence-corrected chi connectivity index (χ2v) is 8.51. The minimum absolute atomic E-state index is 0.360. The van der Waals surface area contributed by atoms with Crippen LogP contribution in [0.4, 0.5) is 0 Å². The molecule has 1 heterocycles. The summed E-state index contributed by atoms with van der Waals surface area (Å²) < 4.78 is 18.7. The average Bonchev–Trinajstić information content (AvgIpc) is 2.87. The van der Waals surface area contributed by atoms with Gasteiger partial charge in [0.25, 0.3) is 0 Å². The Balaban J connectivity index is 2.28. The fraction of sp³-hybridized carbons (Fsp3) is 0.333. The molecular formula is C15H18BrN3OS. The molecule has 0 N–H and O–H groups in total. The van der Waals surface area contributed by atoms with Crippen molar-refractivity contribution < 1.29 is 4.21 Å². The first-order valence-corrected chi connectivity index (χ1v) is 8.45. The van der Waals surface area contributed by atoms with E-state index in [-0.39, 0.29) is 4.75 Å². The molecular weight excluding hydrogens is 350 g/mol. The zero-order valence-corrected chi connectivity index (χ0v) is 14.9. The van der Waals surface area contributed by atoms with Crippen LogP contribution in [0.1, 0.15) is 33.3 Å². The molecule has 0 unspecified atom stereocenters. The number of rotatable bonds is 3. The van der Waals surface area contributed by atoms with Gasteiger partial charge in [0.05, 0.1) is 22.3 Å².